The van der Waals surface area contributed by atoms with E-state index in [1.807, 2.05) is 42.8 Å². The van der Waals surface area contributed by atoms with Crippen LogP contribution in [0.2, 0.25) is 0 Å². The number of benzene rings is 1. The Morgan fingerprint density at radius 2 is 2.00 bits per heavy atom. The van der Waals surface area contributed by atoms with Gasteiger partial charge in [-0.15, -0.1) is 17.5 Å². The smallest absolute Gasteiger partial charge is 0.274 e. The number of halogens is 1. The Kier molecular flexibility index (Phi) is 9.11. The lowest BCUT2D eigenvalue weighted by Gasteiger charge is -2.24. The lowest BCUT2D eigenvalue weighted by atomic mass is 9.96. The molecule has 0 bridgehead atoms. The number of rotatable bonds is 8. The van der Waals surface area contributed by atoms with Gasteiger partial charge in [0, 0.05) is 5.56 Å². The van der Waals surface area contributed by atoms with Crippen molar-refractivity contribution in [1.82, 2.24) is 25.6 Å². The summed E-state index contributed by atoms with van der Waals surface area (Å²) >= 11 is 0. The molecule has 1 atom stereocenters. The lowest BCUT2D eigenvalue weighted by molar-refractivity contribution is 0.0925. The molecule has 1 aromatic carbocycles. The van der Waals surface area contributed by atoms with Crippen molar-refractivity contribution in [2.24, 2.45) is 5.92 Å². The van der Waals surface area contributed by atoms with Crippen LogP contribution < -0.4 is 15.4 Å². The summed E-state index contributed by atoms with van der Waals surface area (Å²) in [5.74, 6) is 1.05. The van der Waals surface area contributed by atoms with Crippen molar-refractivity contribution in [3.63, 3.8) is 0 Å². The second-order valence-electron chi connectivity index (χ2n) is 8.08. The zero-order chi connectivity index (χ0) is 20.8. The van der Waals surface area contributed by atoms with Gasteiger partial charge in [0.15, 0.2) is 5.69 Å². The highest BCUT2D eigenvalue weighted by Gasteiger charge is 2.26. The van der Waals surface area contributed by atoms with Crippen LogP contribution in [0.1, 0.15) is 73.9 Å². The van der Waals surface area contributed by atoms with Crippen LogP contribution in [0.5, 0.6) is 5.75 Å². The van der Waals surface area contributed by atoms with Crippen molar-refractivity contribution < 1.29 is 9.53 Å². The van der Waals surface area contributed by atoms with Crippen molar-refractivity contribution in [2.45, 2.75) is 59.0 Å². The van der Waals surface area contributed by atoms with Gasteiger partial charge in [0.25, 0.3) is 5.91 Å². The number of nitrogens with one attached hydrogen (secondary N) is 2. The first kappa shape index (κ1) is 24.2. The molecule has 1 amide bonds. The molecule has 3 rings (SSSR count). The molecule has 0 aliphatic carbocycles. The predicted octanol–water partition coefficient (Wildman–Crippen LogP) is 3.85. The van der Waals surface area contributed by atoms with E-state index in [2.05, 4.69) is 34.8 Å². The van der Waals surface area contributed by atoms with Gasteiger partial charge in [0.2, 0.25) is 0 Å². The molecule has 1 aromatic heterocycles. The standard InChI is InChI=1S/C22H33N5O2.ClH/c1-5-29-20-9-7-6-8-18(20)19(14-15(2)3)24-22(28)21-16(4)27(26-25-21)17-10-12-23-13-11-17;/h6-9,15,17,19,23H,5,10-14H2,1-4H3,(H,24,28);1H. The number of carbonyl (C=O) groups excluding carboxylic acids is 1. The Bertz CT molecular complexity index is 818. The number of ether oxygens (including phenoxy) is 1. The molecule has 1 unspecified atom stereocenters. The fourth-order valence-electron chi connectivity index (χ4n) is 3.97. The van der Waals surface area contributed by atoms with Crippen LogP contribution in [0.3, 0.4) is 0 Å². The Balaban J connectivity index is 0.00000320. The molecule has 0 radical (unpaired) electrons. The molecule has 8 heteroatoms. The number of amides is 1. The van der Waals surface area contributed by atoms with Crippen molar-refractivity contribution in [1.29, 1.82) is 0 Å². The number of hydrogen-bond acceptors (Lipinski definition) is 5. The highest BCUT2D eigenvalue weighted by Crippen LogP contribution is 2.30. The number of nitrogens with zero attached hydrogens (tertiary/aromatic N) is 3. The second kappa shape index (κ2) is 11.3. The molecule has 2 heterocycles. The van der Waals surface area contributed by atoms with Crippen molar-refractivity contribution in [3.05, 3.63) is 41.2 Å². The van der Waals surface area contributed by atoms with Crippen LogP contribution in [-0.2, 0) is 0 Å². The highest BCUT2D eigenvalue weighted by atomic mass is 35.5. The zero-order valence-corrected chi connectivity index (χ0v) is 19.2. The van der Waals surface area contributed by atoms with Gasteiger partial charge in [-0.1, -0.05) is 37.3 Å². The van der Waals surface area contributed by atoms with Crippen molar-refractivity contribution >= 4 is 18.3 Å². The van der Waals surface area contributed by atoms with Crippen LogP contribution in [0, 0.1) is 12.8 Å². The number of piperidine rings is 1. The monoisotopic (exact) mass is 435 g/mol. The van der Waals surface area contributed by atoms with Gasteiger partial charge in [-0.3, -0.25) is 4.79 Å². The number of aromatic nitrogens is 3. The summed E-state index contributed by atoms with van der Waals surface area (Å²) < 4.78 is 7.72. The first-order valence-corrected chi connectivity index (χ1v) is 10.7. The minimum atomic E-state index is -0.181. The third-order valence-corrected chi connectivity index (χ3v) is 5.40. The Morgan fingerprint density at radius 3 is 2.67 bits per heavy atom. The Labute approximate surface area is 185 Å². The van der Waals surface area contributed by atoms with E-state index in [-0.39, 0.29) is 24.4 Å². The SMILES string of the molecule is CCOc1ccccc1C(CC(C)C)NC(=O)c1nnn(C2CCNCC2)c1C.Cl. The first-order valence-electron chi connectivity index (χ1n) is 10.7. The van der Waals surface area contributed by atoms with E-state index in [4.69, 9.17) is 4.74 Å². The molecule has 1 aliphatic heterocycles. The molecule has 1 aliphatic rings. The molecular formula is C22H34ClN5O2. The van der Waals surface area contributed by atoms with Crippen LogP contribution in [0.15, 0.2) is 24.3 Å². The zero-order valence-electron chi connectivity index (χ0n) is 18.4. The van der Waals surface area contributed by atoms with Crippen LogP contribution in [-0.4, -0.2) is 40.6 Å². The fraction of sp³-hybridized carbons (Fsp3) is 0.591. The maximum absolute atomic E-state index is 13.1. The molecular weight excluding hydrogens is 402 g/mol. The quantitative estimate of drug-likeness (QED) is 0.658. The highest BCUT2D eigenvalue weighted by molar-refractivity contribution is 5.93. The minimum Gasteiger partial charge on any atom is -0.494 e. The molecule has 2 N–H and O–H groups in total. The molecule has 166 valence electrons. The normalized spacial score (nSPS) is 15.5. The van der Waals surface area contributed by atoms with E-state index in [1.54, 1.807) is 0 Å². The summed E-state index contributed by atoms with van der Waals surface area (Å²) in [5.41, 5.74) is 2.24. The first-order chi connectivity index (χ1) is 14.0. The van der Waals surface area contributed by atoms with Gasteiger partial charge < -0.3 is 15.4 Å². The minimum absolute atomic E-state index is 0. The van der Waals surface area contributed by atoms with Gasteiger partial charge in [0.05, 0.1) is 24.4 Å². The third kappa shape index (κ3) is 5.73. The van der Waals surface area contributed by atoms with Crippen LogP contribution >= 0.6 is 12.4 Å². The summed E-state index contributed by atoms with van der Waals surface area (Å²) in [6, 6.07) is 8.07. The number of carbonyl (C=O) groups is 1. The molecule has 1 fully saturated rings. The molecule has 30 heavy (non-hydrogen) atoms. The molecule has 1 saturated heterocycles. The van der Waals surface area contributed by atoms with Crippen molar-refractivity contribution in [2.75, 3.05) is 19.7 Å². The summed E-state index contributed by atoms with van der Waals surface area (Å²) in [5, 5.41) is 15.1. The van der Waals surface area contributed by atoms with Gasteiger partial charge in [-0.25, -0.2) is 4.68 Å². The summed E-state index contributed by atoms with van der Waals surface area (Å²) in [7, 11) is 0. The topological polar surface area (TPSA) is 81.1 Å². The van der Waals surface area contributed by atoms with Gasteiger partial charge in [-0.2, -0.15) is 0 Å². The van der Waals surface area contributed by atoms with Crippen LogP contribution in [0.25, 0.3) is 0 Å². The van der Waals surface area contributed by atoms with E-state index in [0.29, 0.717) is 24.3 Å². The van der Waals surface area contributed by atoms with Crippen LogP contribution in [0.4, 0.5) is 0 Å². The molecule has 2 aromatic rings. The van der Waals surface area contributed by atoms with Gasteiger partial charge in [-0.05, 0) is 58.2 Å². The molecule has 0 spiro atoms. The van der Waals surface area contributed by atoms with E-state index in [0.717, 1.165) is 49.4 Å². The fourth-order valence-corrected chi connectivity index (χ4v) is 3.97. The molecule has 0 saturated carbocycles. The Morgan fingerprint density at radius 1 is 1.30 bits per heavy atom. The van der Waals surface area contributed by atoms with E-state index in [9.17, 15) is 4.79 Å². The van der Waals surface area contributed by atoms with E-state index < -0.39 is 0 Å². The maximum Gasteiger partial charge on any atom is 0.274 e. The average Bonchev–Trinajstić information content (AvgIpc) is 3.10. The molecule has 7 nitrogen and oxygen atoms in total. The predicted molar refractivity (Wildman–Crippen MR) is 120 cm³/mol. The largest absolute Gasteiger partial charge is 0.494 e. The van der Waals surface area contributed by atoms with E-state index >= 15 is 0 Å². The van der Waals surface area contributed by atoms with E-state index in [1.165, 1.54) is 0 Å². The number of hydrogen-bond donors (Lipinski definition) is 2. The summed E-state index contributed by atoms with van der Waals surface area (Å²) in [6.07, 6.45) is 2.82. The van der Waals surface area contributed by atoms with Gasteiger partial charge >= 0.3 is 0 Å². The second-order valence-corrected chi connectivity index (χ2v) is 8.08. The summed E-state index contributed by atoms with van der Waals surface area (Å²) in [6.45, 7) is 10.7. The number of para-hydroxylation sites is 1. The van der Waals surface area contributed by atoms with Gasteiger partial charge in [0.1, 0.15) is 5.75 Å². The third-order valence-electron chi connectivity index (χ3n) is 5.40. The Hall–Kier alpha value is -2.12. The average molecular weight is 436 g/mol. The summed E-state index contributed by atoms with van der Waals surface area (Å²) in [4.78, 5) is 13.1. The lowest BCUT2D eigenvalue weighted by Crippen LogP contribution is -2.31. The van der Waals surface area contributed by atoms with Crippen molar-refractivity contribution in [3.8, 4) is 5.75 Å². The maximum atomic E-state index is 13.1.